The van der Waals surface area contributed by atoms with Gasteiger partial charge in [0.05, 0.1) is 7.11 Å². The highest BCUT2D eigenvalue weighted by molar-refractivity contribution is 5.98. The maximum absolute atomic E-state index is 11.3. The van der Waals surface area contributed by atoms with Gasteiger partial charge in [-0.05, 0) is 19.8 Å². The highest BCUT2D eigenvalue weighted by Gasteiger charge is 2.42. The lowest BCUT2D eigenvalue weighted by Crippen LogP contribution is -2.38. The van der Waals surface area contributed by atoms with Gasteiger partial charge in [0, 0.05) is 13.2 Å². The van der Waals surface area contributed by atoms with E-state index in [4.69, 9.17) is 9.84 Å². The van der Waals surface area contributed by atoms with Crippen molar-refractivity contribution in [1.29, 1.82) is 0 Å². The summed E-state index contributed by atoms with van der Waals surface area (Å²) >= 11 is 0. The molecule has 1 N–H and O–H groups in total. The van der Waals surface area contributed by atoms with Gasteiger partial charge in [-0.2, -0.15) is 0 Å². The predicted molar refractivity (Wildman–Crippen MR) is 53.5 cm³/mol. The van der Waals surface area contributed by atoms with Crippen LogP contribution in [0.4, 0.5) is 0 Å². The zero-order chi connectivity index (χ0) is 11.9. The molecule has 0 fully saturated rings. The van der Waals surface area contributed by atoms with Crippen LogP contribution in [0.15, 0.2) is 0 Å². The average molecular weight is 218 g/mol. The summed E-state index contributed by atoms with van der Waals surface area (Å²) in [6.45, 7) is 4.11. The van der Waals surface area contributed by atoms with Crippen LogP contribution < -0.4 is 0 Å². The Labute approximate surface area is 89.4 Å². The third-order valence-electron chi connectivity index (χ3n) is 2.20. The second-order valence-corrected chi connectivity index (χ2v) is 3.49. The van der Waals surface area contributed by atoms with E-state index in [1.807, 2.05) is 6.92 Å². The topological polar surface area (TPSA) is 72.8 Å². The lowest BCUT2D eigenvalue weighted by molar-refractivity contribution is -0.167. The number of methoxy groups -OCH3 is 1. The van der Waals surface area contributed by atoms with E-state index in [9.17, 15) is 9.59 Å². The van der Waals surface area contributed by atoms with Crippen LogP contribution in [0.25, 0.3) is 0 Å². The summed E-state index contributed by atoms with van der Waals surface area (Å²) < 4.78 is 9.61. The molecular formula is C10H18O5. The van der Waals surface area contributed by atoms with Crippen LogP contribution >= 0.6 is 0 Å². The first-order chi connectivity index (χ1) is 6.99. The minimum atomic E-state index is -1.51. The van der Waals surface area contributed by atoms with Crippen molar-refractivity contribution in [2.45, 2.75) is 26.7 Å². The Morgan fingerprint density at radius 1 is 1.33 bits per heavy atom. The molecule has 1 atom stereocenters. The molecule has 0 aromatic heterocycles. The molecule has 0 bridgehead atoms. The van der Waals surface area contributed by atoms with Crippen LogP contribution in [0.1, 0.15) is 26.7 Å². The number of aliphatic carboxylic acids is 1. The molecule has 0 saturated carbocycles. The molecule has 0 aliphatic rings. The smallest absolute Gasteiger partial charge is 0.323 e. The SMILES string of the molecule is CCCOCCC(C)(C(=O)O)C(=O)OC. The van der Waals surface area contributed by atoms with E-state index in [0.29, 0.717) is 6.61 Å². The van der Waals surface area contributed by atoms with Crippen LogP contribution in [0, 0.1) is 5.41 Å². The van der Waals surface area contributed by atoms with Crippen molar-refractivity contribution >= 4 is 11.9 Å². The van der Waals surface area contributed by atoms with Crippen molar-refractivity contribution in [2.75, 3.05) is 20.3 Å². The normalized spacial score (nSPS) is 14.3. The quantitative estimate of drug-likeness (QED) is 0.393. The van der Waals surface area contributed by atoms with E-state index in [1.165, 1.54) is 14.0 Å². The van der Waals surface area contributed by atoms with Gasteiger partial charge in [-0.25, -0.2) is 0 Å². The first kappa shape index (κ1) is 13.9. The maximum Gasteiger partial charge on any atom is 0.323 e. The first-order valence-electron chi connectivity index (χ1n) is 4.88. The van der Waals surface area contributed by atoms with Gasteiger partial charge in [0.15, 0.2) is 5.41 Å². The Balaban J connectivity index is 4.27. The fourth-order valence-corrected chi connectivity index (χ4v) is 1.04. The van der Waals surface area contributed by atoms with E-state index >= 15 is 0 Å². The monoisotopic (exact) mass is 218 g/mol. The molecule has 0 amide bonds. The lowest BCUT2D eigenvalue weighted by atomic mass is 9.87. The standard InChI is InChI=1S/C10H18O5/c1-4-6-15-7-5-10(2,8(11)12)9(13)14-3/h4-7H2,1-3H3,(H,11,12). The van der Waals surface area contributed by atoms with Gasteiger partial charge in [-0.15, -0.1) is 0 Å². The van der Waals surface area contributed by atoms with Crippen LogP contribution in [-0.4, -0.2) is 37.4 Å². The van der Waals surface area contributed by atoms with E-state index < -0.39 is 17.4 Å². The van der Waals surface area contributed by atoms with Crippen molar-refractivity contribution < 1.29 is 24.2 Å². The molecule has 5 nitrogen and oxygen atoms in total. The summed E-state index contributed by atoms with van der Waals surface area (Å²) in [5.41, 5.74) is -1.51. The maximum atomic E-state index is 11.3. The summed E-state index contributed by atoms with van der Waals surface area (Å²) in [4.78, 5) is 22.2. The van der Waals surface area contributed by atoms with E-state index in [-0.39, 0.29) is 13.0 Å². The van der Waals surface area contributed by atoms with Crippen molar-refractivity contribution in [3.8, 4) is 0 Å². The van der Waals surface area contributed by atoms with Gasteiger partial charge >= 0.3 is 11.9 Å². The van der Waals surface area contributed by atoms with Crippen LogP contribution in [0.2, 0.25) is 0 Å². The molecule has 1 unspecified atom stereocenters. The average Bonchev–Trinajstić information content (AvgIpc) is 2.22. The third-order valence-corrected chi connectivity index (χ3v) is 2.20. The number of rotatable bonds is 7. The van der Waals surface area contributed by atoms with Gasteiger partial charge in [0.1, 0.15) is 0 Å². The third kappa shape index (κ3) is 3.87. The molecule has 0 rings (SSSR count). The predicted octanol–water partition coefficient (Wildman–Crippen LogP) is 1.07. The second kappa shape index (κ2) is 6.40. The first-order valence-corrected chi connectivity index (χ1v) is 4.88. The van der Waals surface area contributed by atoms with Crippen molar-refractivity contribution in [3.63, 3.8) is 0 Å². The molecule has 0 aromatic rings. The Morgan fingerprint density at radius 3 is 2.33 bits per heavy atom. The molecular weight excluding hydrogens is 200 g/mol. The number of ether oxygens (including phenoxy) is 2. The minimum Gasteiger partial charge on any atom is -0.480 e. The van der Waals surface area contributed by atoms with Crippen LogP contribution in [0.3, 0.4) is 0 Å². The number of carboxylic acids is 1. The highest BCUT2D eigenvalue weighted by atomic mass is 16.5. The van der Waals surface area contributed by atoms with Crippen molar-refractivity contribution in [3.05, 3.63) is 0 Å². The summed E-state index contributed by atoms with van der Waals surface area (Å²) in [5, 5.41) is 8.93. The molecule has 0 radical (unpaired) electrons. The lowest BCUT2D eigenvalue weighted by Gasteiger charge is -2.21. The highest BCUT2D eigenvalue weighted by Crippen LogP contribution is 2.23. The van der Waals surface area contributed by atoms with Crippen LogP contribution in [-0.2, 0) is 19.1 Å². The van der Waals surface area contributed by atoms with Crippen molar-refractivity contribution in [1.82, 2.24) is 0 Å². The number of carboxylic acid groups (broad SMARTS) is 1. The number of hydrogen-bond donors (Lipinski definition) is 1. The summed E-state index contributed by atoms with van der Waals surface area (Å²) in [7, 11) is 1.18. The fraction of sp³-hybridized carbons (Fsp3) is 0.800. The minimum absolute atomic E-state index is 0.120. The van der Waals surface area contributed by atoms with E-state index in [1.54, 1.807) is 0 Å². The molecule has 0 heterocycles. The van der Waals surface area contributed by atoms with E-state index in [2.05, 4.69) is 4.74 Å². The number of carbonyl (C=O) groups excluding carboxylic acids is 1. The molecule has 88 valence electrons. The number of carbonyl (C=O) groups is 2. The molecule has 0 saturated heterocycles. The summed E-state index contributed by atoms with van der Waals surface area (Å²) in [5.74, 6) is -1.93. The second-order valence-electron chi connectivity index (χ2n) is 3.49. The number of hydrogen-bond acceptors (Lipinski definition) is 4. The van der Waals surface area contributed by atoms with Gasteiger partial charge in [-0.1, -0.05) is 6.92 Å². The Kier molecular flexibility index (Phi) is 5.93. The molecule has 0 spiro atoms. The Hall–Kier alpha value is -1.10. The molecule has 0 aliphatic carbocycles. The van der Waals surface area contributed by atoms with Crippen molar-refractivity contribution in [2.24, 2.45) is 5.41 Å². The van der Waals surface area contributed by atoms with Crippen LogP contribution in [0.5, 0.6) is 0 Å². The zero-order valence-corrected chi connectivity index (χ0v) is 9.41. The summed E-state index contributed by atoms with van der Waals surface area (Å²) in [6.07, 6.45) is 0.983. The molecule has 15 heavy (non-hydrogen) atoms. The Morgan fingerprint density at radius 2 is 1.93 bits per heavy atom. The summed E-state index contributed by atoms with van der Waals surface area (Å²) in [6, 6.07) is 0. The van der Waals surface area contributed by atoms with Gasteiger partial charge in [0.2, 0.25) is 0 Å². The Bertz CT molecular complexity index is 226. The fourth-order valence-electron chi connectivity index (χ4n) is 1.04. The largest absolute Gasteiger partial charge is 0.480 e. The van der Waals surface area contributed by atoms with Gasteiger partial charge in [-0.3, -0.25) is 9.59 Å². The van der Waals surface area contributed by atoms with Gasteiger partial charge in [0.25, 0.3) is 0 Å². The van der Waals surface area contributed by atoms with Gasteiger partial charge < -0.3 is 14.6 Å². The molecule has 0 aliphatic heterocycles. The zero-order valence-electron chi connectivity index (χ0n) is 9.41. The molecule has 5 heteroatoms. The number of esters is 1. The molecule has 0 aromatic carbocycles. The van der Waals surface area contributed by atoms with E-state index in [0.717, 1.165) is 6.42 Å².